The van der Waals surface area contributed by atoms with E-state index in [1.807, 2.05) is 37.3 Å². The van der Waals surface area contributed by atoms with Crippen molar-refractivity contribution in [1.82, 2.24) is 14.8 Å². The van der Waals surface area contributed by atoms with Crippen molar-refractivity contribution in [2.75, 3.05) is 42.5 Å². The number of ether oxygens (including phenoxy) is 2. The summed E-state index contributed by atoms with van der Waals surface area (Å²) < 4.78 is 38.0. The van der Waals surface area contributed by atoms with E-state index >= 15 is 0 Å². The van der Waals surface area contributed by atoms with Crippen molar-refractivity contribution in [3.8, 4) is 17.2 Å². The third kappa shape index (κ3) is 8.30. The number of urea groups is 1. The number of carbonyl (C=O) groups is 1. The fourth-order valence-electron chi connectivity index (χ4n) is 4.10. The molecule has 0 aliphatic rings. The highest BCUT2D eigenvalue weighted by Crippen LogP contribution is 2.32. The molecule has 42 heavy (non-hydrogen) atoms. The first-order valence-corrected chi connectivity index (χ1v) is 15.5. The Kier molecular flexibility index (Phi) is 10.2. The molecule has 0 fully saturated rings. The number of hydrogen-bond donors (Lipinski definition) is 3. The molecule has 0 radical (unpaired) electrons. The zero-order valence-corrected chi connectivity index (χ0v) is 25.0. The molecule has 4 rings (SSSR count). The number of pyridine rings is 1. The van der Waals surface area contributed by atoms with Crippen LogP contribution in [0, 0.1) is 6.92 Å². The Balaban J connectivity index is 1.53. The van der Waals surface area contributed by atoms with Gasteiger partial charge in [-0.1, -0.05) is 31.0 Å². The maximum Gasteiger partial charge on any atom is 0.324 e. The summed E-state index contributed by atoms with van der Waals surface area (Å²) in [5.41, 5.74) is 3.07. The maximum atomic E-state index is 13.1. The Bertz CT molecular complexity index is 1620. The van der Waals surface area contributed by atoms with Gasteiger partial charge in [0.25, 0.3) is 0 Å². The summed E-state index contributed by atoms with van der Waals surface area (Å²) in [6, 6.07) is 16.9. The van der Waals surface area contributed by atoms with Gasteiger partial charge in [0.15, 0.2) is 9.84 Å². The lowest BCUT2D eigenvalue weighted by molar-refractivity contribution is 0.210. The predicted molar refractivity (Wildman–Crippen MR) is 164 cm³/mol. The normalized spacial score (nSPS) is 11.2. The van der Waals surface area contributed by atoms with E-state index in [0.29, 0.717) is 30.5 Å². The number of rotatable bonds is 13. The molecular formula is C30H36N6O5S. The second-order valence-electron chi connectivity index (χ2n) is 9.78. The van der Waals surface area contributed by atoms with Gasteiger partial charge in [-0.05, 0) is 56.2 Å². The summed E-state index contributed by atoms with van der Waals surface area (Å²) in [6.45, 7) is 5.17. The molecule has 0 aliphatic heterocycles. The van der Waals surface area contributed by atoms with Gasteiger partial charge in [0.2, 0.25) is 0 Å². The quantitative estimate of drug-likeness (QED) is 0.165. The van der Waals surface area contributed by atoms with Gasteiger partial charge in [-0.25, -0.2) is 22.9 Å². The van der Waals surface area contributed by atoms with Crippen molar-refractivity contribution in [2.45, 2.75) is 38.0 Å². The minimum absolute atomic E-state index is 0.0717. The van der Waals surface area contributed by atoms with Crippen LogP contribution in [0.5, 0.6) is 11.5 Å². The predicted octanol–water partition coefficient (Wildman–Crippen LogP) is 5.82. The molecule has 0 unspecified atom stereocenters. The highest BCUT2D eigenvalue weighted by Gasteiger charge is 2.18. The van der Waals surface area contributed by atoms with Gasteiger partial charge in [0.05, 0.1) is 18.0 Å². The van der Waals surface area contributed by atoms with Gasteiger partial charge in [-0.15, -0.1) is 0 Å². The average Bonchev–Trinajstić information content (AvgIpc) is 3.35. The molecule has 2 heterocycles. The van der Waals surface area contributed by atoms with Crippen molar-refractivity contribution in [1.29, 1.82) is 0 Å². The van der Waals surface area contributed by atoms with Crippen LogP contribution in [0.4, 0.5) is 22.1 Å². The highest BCUT2D eigenvalue weighted by atomic mass is 32.2. The van der Waals surface area contributed by atoms with Crippen LogP contribution in [0.15, 0.2) is 71.8 Å². The molecular weight excluding hydrogens is 556 g/mol. The van der Waals surface area contributed by atoms with Crippen molar-refractivity contribution in [3.05, 3.63) is 78.1 Å². The Morgan fingerprint density at radius 1 is 1.02 bits per heavy atom. The van der Waals surface area contributed by atoms with Crippen molar-refractivity contribution in [3.63, 3.8) is 0 Å². The van der Waals surface area contributed by atoms with E-state index in [9.17, 15) is 13.2 Å². The molecule has 0 bridgehead atoms. The number of carbonyl (C=O) groups excluding carboxylic acids is 1. The number of benzene rings is 2. The number of nitrogens with zero attached hydrogens (tertiary/aromatic N) is 3. The van der Waals surface area contributed by atoms with E-state index in [4.69, 9.17) is 14.6 Å². The van der Waals surface area contributed by atoms with E-state index in [-0.39, 0.29) is 16.3 Å². The Morgan fingerprint density at radius 2 is 1.81 bits per heavy atom. The second-order valence-corrected chi connectivity index (χ2v) is 11.8. The number of hydrogen-bond acceptors (Lipinski definition) is 8. The summed E-state index contributed by atoms with van der Waals surface area (Å²) in [5, 5.41) is 13.4. The largest absolute Gasteiger partial charge is 0.456 e. The third-order valence-electron chi connectivity index (χ3n) is 6.24. The average molecular weight is 593 g/mol. The minimum atomic E-state index is -3.71. The van der Waals surface area contributed by atoms with Gasteiger partial charge < -0.3 is 20.1 Å². The minimum Gasteiger partial charge on any atom is -0.456 e. The molecule has 11 nitrogen and oxygen atoms in total. The lowest BCUT2D eigenvalue weighted by Gasteiger charge is -2.14. The van der Waals surface area contributed by atoms with E-state index in [1.54, 1.807) is 36.2 Å². The molecule has 3 N–H and O–H groups in total. The molecule has 12 heteroatoms. The zero-order valence-electron chi connectivity index (χ0n) is 24.2. The van der Waals surface area contributed by atoms with E-state index in [0.717, 1.165) is 42.5 Å². The molecule has 4 aromatic rings. The van der Waals surface area contributed by atoms with Crippen molar-refractivity contribution >= 4 is 33.2 Å². The molecule has 0 aliphatic carbocycles. The summed E-state index contributed by atoms with van der Waals surface area (Å²) in [7, 11) is -2.10. The molecule has 0 atom stereocenters. The van der Waals surface area contributed by atoms with E-state index in [2.05, 4.69) is 27.9 Å². The van der Waals surface area contributed by atoms with Crippen LogP contribution >= 0.6 is 0 Å². The molecule has 0 saturated carbocycles. The van der Waals surface area contributed by atoms with Gasteiger partial charge in [-0.2, -0.15) is 5.10 Å². The van der Waals surface area contributed by atoms with Crippen molar-refractivity contribution < 1.29 is 22.7 Å². The van der Waals surface area contributed by atoms with Crippen molar-refractivity contribution in [2.24, 2.45) is 0 Å². The number of aromatic nitrogens is 3. The fourth-order valence-corrected chi connectivity index (χ4v) is 4.92. The summed E-state index contributed by atoms with van der Waals surface area (Å²) >= 11 is 0. The Morgan fingerprint density at radius 3 is 2.52 bits per heavy atom. The smallest absolute Gasteiger partial charge is 0.324 e. The first-order chi connectivity index (χ1) is 20.2. The van der Waals surface area contributed by atoms with Gasteiger partial charge >= 0.3 is 6.03 Å². The second kappa shape index (κ2) is 14.0. The zero-order chi connectivity index (χ0) is 30.1. The Hall–Kier alpha value is -4.42. The first kappa shape index (κ1) is 30.5. The van der Waals surface area contributed by atoms with Crippen LogP contribution in [0.25, 0.3) is 5.69 Å². The number of anilines is 3. The van der Waals surface area contributed by atoms with Crippen LogP contribution in [0.3, 0.4) is 0 Å². The number of aryl methyl sites for hydroxylation is 2. The topological polar surface area (TPSA) is 136 Å². The lowest BCUT2D eigenvalue weighted by atomic mass is 10.2. The number of unbranched alkanes of at least 4 members (excludes halogenated alkanes) is 1. The molecule has 2 aromatic carbocycles. The number of amides is 2. The monoisotopic (exact) mass is 592 g/mol. The van der Waals surface area contributed by atoms with Crippen LogP contribution in [0.1, 0.15) is 31.0 Å². The van der Waals surface area contributed by atoms with Crippen LogP contribution < -0.4 is 20.7 Å². The molecule has 0 saturated heterocycles. The molecule has 2 amide bonds. The first-order valence-electron chi connectivity index (χ1n) is 13.6. The SMILES string of the molecule is CCCCc1cc(NC(=O)Nc2ccc(Oc3ccnc(NCCOC)c3)c(S(C)(=O)=O)c2)n(-c2ccc(C)cc2)n1. The summed E-state index contributed by atoms with van der Waals surface area (Å²) in [6.07, 6.45) is 5.43. The van der Waals surface area contributed by atoms with Gasteiger partial charge in [-0.3, -0.25) is 5.32 Å². The lowest BCUT2D eigenvalue weighted by Crippen LogP contribution is -2.21. The Labute approximate surface area is 246 Å². The maximum absolute atomic E-state index is 13.1. The molecule has 2 aromatic heterocycles. The summed E-state index contributed by atoms with van der Waals surface area (Å²) in [4.78, 5) is 17.2. The van der Waals surface area contributed by atoms with Crippen LogP contribution in [-0.2, 0) is 21.0 Å². The standard InChI is InChI=1S/C30H36N6O5S/c1-5-6-7-23-19-29(36(35-23)24-11-8-21(2)9-12-24)34-30(37)33-22-10-13-26(27(18-22)42(4,38)39)41-25-14-15-31-28(20-25)32-16-17-40-3/h8-15,18-20H,5-7,16-17H2,1-4H3,(H,31,32)(H2,33,34,37). The number of nitrogens with one attached hydrogen (secondary N) is 3. The van der Waals surface area contributed by atoms with Crippen LogP contribution in [0.2, 0.25) is 0 Å². The third-order valence-corrected chi connectivity index (χ3v) is 7.36. The number of sulfone groups is 1. The van der Waals surface area contributed by atoms with E-state index in [1.165, 1.54) is 12.1 Å². The van der Waals surface area contributed by atoms with Crippen LogP contribution in [-0.4, -0.2) is 55.7 Å². The van der Waals surface area contributed by atoms with E-state index < -0.39 is 15.9 Å². The fraction of sp³-hybridized carbons (Fsp3) is 0.300. The molecule has 222 valence electrons. The summed E-state index contributed by atoms with van der Waals surface area (Å²) in [5.74, 6) is 1.58. The number of methoxy groups -OCH3 is 1. The molecule has 0 spiro atoms. The van der Waals surface area contributed by atoms with Gasteiger partial charge in [0.1, 0.15) is 28.0 Å². The highest BCUT2D eigenvalue weighted by molar-refractivity contribution is 7.90. The van der Waals surface area contributed by atoms with Gasteiger partial charge in [0, 0.05) is 43.9 Å².